The fourth-order valence-electron chi connectivity index (χ4n) is 2.82. The molecule has 0 bridgehead atoms. The van der Waals surface area contributed by atoms with Crippen molar-refractivity contribution >= 4 is 11.3 Å². The molecule has 0 radical (unpaired) electrons. The molecule has 1 aromatic heterocycles. The minimum absolute atomic E-state index is 0.281. The van der Waals surface area contributed by atoms with E-state index in [1.165, 1.54) is 31.4 Å². The zero-order valence-corrected chi connectivity index (χ0v) is 13.6. The molecule has 0 aromatic carbocycles. The normalized spacial score (nSPS) is 32.6. The molecule has 3 heteroatoms. The molecule has 1 N–H and O–H groups in total. The molecule has 0 aliphatic carbocycles. The number of piperazine rings is 1. The van der Waals surface area contributed by atoms with Crippen LogP contribution in [-0.4, -0.2) is 35.6 Å². The van der Waals surface area contributed by atoms with Crippen molar-refractivity contribution in [2.45, 2.75) is 58.0 Å². The van der Waals surface area contributed by atoms with Crippen molar-refractivity contribution in [1.82, 2.24) is 10.2 Å². The van der Waals surface area contributed by atoms with Crippen molar-refractivity contribution in [3.8, 4) is 0 Å². The number of nitrogens with zero attached hydrogens (tertiary/aromatic N) is 1. The van der Waals surface area contributed by atoms with Crippen LogP contribution >= 0.6 is 11.3 Å². The van der Waals surface area contributed by atoms with Crippen molar-refractivity contribution in [2.75, 3.05) is 19.6 Å². The molecule has 2 atom stereocenters. The lowest BCUT2D eigenvalue weighted by Crippen LogP contribution is -2.68. The van der Waals surface area contributed by atoms with E-state index >= 15 is 0 Å². The first-order chi connectivity index (χ1) is 9.01. The Morgan fingerprint density at radius 1 is 1.32 bits per heavy atom. The maximum atomic E-state index is 3.77. The largest absolute Gasteiger partial charge is 0.308 e. The van der Waals surface area contributed by atoms with Gasteiger partial charge in [-0.05, 0) is 55.5 Å². The van der Waals surface area contributed by atoms with Crippen LogP contribution in [0.15, 0.2) is 16.8 Å². The van der Waals surface area contributed by atoms with Crippen LogP contribution in [0.25, 0.3) is 0 Å². The van der Waals surface area contributed by atoms with Gasteiger partial charge in [0, 0.05) is 30.7 Å². The summed E-state index contributed by atoms with van der Waals surface area (Å²) in [6.07, 6.45) is 3.59. The van der Waals surface area contributed by atoms with E-state index in [4.69, 9.17) is 0 Å². The van der Waals surface area contributed by atoms with E-state index in [0.717, 1.165) is 13.1 Å². The van der Waals surface area contributed by atoms with Gasteiger partial charge in [0.2, 0.25) is 0 Å². The molecule has 0 amide bonds. The molecule has 1 saturated heterocycles. The second-order valence-electron chi connectivity index (χ2n) is 6.42. The van der Waals surface area contributed by atoms with Gasteiger partial charge in [-0.1, -0.05) is 13.8 Å². The van der Waals surface area contributed by atoms with Crippen molar-refractivity contribution in [3.63, 3.8) is 0 Å². The third-order valence-electron chi connectivity index (χ3n) is 4.99. The molecular formula is C16H28N2S. The molecule has 0 saturated carbocycles. The summed E-state index contributed by atoms with van der Waals surface area (Å²) in [5.41, 5.74) is 2.08. The predicted molar refractivity (Wildman–Crippen MR) is 85.0 cm³/mol. The highest BCUT2D eigenvalue weighted by atomic mass is 32.1. The van der Waals surface area contributed by atoms with Crippen LogP contribution < -0.4 is 5.32 Å². The monoisotopic (exact) mass is 280 g/mol. The van der Waals surface area contributed by atoms with Gasteiger partial charge in [-0.2, -0.15) is 11.3 Å². The smallest absolute Gasteiger partial charge is 0.0304 e. The topological polar surface area (TPSA) is 15.3 Å². The standard InChI is InChI=1S/C16H28N2S/c1-5-15(3)13-18(16(4,6-2)12-17-15)9-7-14-8-10-19-11-14/h8,10-11,17H,5-7,9,12-13H2,1-4H3. The van der Waals surface area contributed by atoms with Crippen LogP contribution in [0, 0.1) is 0 Å². The first-order valence-electron chi connectivity index (χ1n) is 7.52. The van der Waals surface area contributed by atoms with Gasteiger partial charge in [0.25, 0.3) is 0 Å². The SMILES string of the molecule is CCC1(C)CN(CCc2ccsc2)C(C)(CC)CN1. The Hall–Kier alpha value is -0.380. The Morgan fingerprint density at radius 2 is 2.11 bits per heavy atom. The van der Waals surface area contributed by atoms with Gasteiger partial charge < -0.3 is 5.32 Å². The Bertz CT molecular complexity index is 389. The van der Waals surface area contributed by atoms with Crippen LogP contribution in [0.2, 0.25) is 0 Å². The van der Waals surface area contributed by atoms with E-state index in [0.29, 0.717) is 5.54 Å². The van der Waals surface area contributed by atoms with Gasteiger partial charge in [0.15, 0.2) is 0 Å². The van der Waals surface area contributed by atoms with E-state index in [-0.39, 0.29) is 5.54 Å². The van der Waals surface area contributed by atoms with Crippen LogP contribution in [0.3, 0.4) is 0 Å². The molecule has 2 unspecified atom stereocenters. The Morgan fingerprint density at radius 3 is 2.68 bits per heavy atom. The van der Waals surface area contributed by atoms with Crippen molar-refractivity contribution in [3.05, 3.63) is 22.4 Å². The van der Waals surface area contributed by atoms with E-state index in [2.05, 4.69) is 54.7 Å². The summed E-state index contributed by atoms with van der Waals surface area (Å²) in [5, 5.41) is 8.24. The fourth-order valence-corrected chi connectivity index (χ4v) is 3.52. The number of rotatable bonds is 5. The second kappa shape index (κ2) is 5.94. The van der Waals surface area contributed by atoms with Gasteiger partial charge in [-0.25, -0.2) is 0 Å². The average molecular weight is 280 g/mol. The number of nitrogens with one attached hydrogen (secondary N) is 1. The molecule has 2 nitrogen and oxygen atoms in total. The summed E-state index contributed by atoms with van der Waals surface area (Å²) < 4.78 is 0. The molecule has 19 heavy (non-hydrogen) atoms. The molecule has 2 rings (SSSR count). The number of hydrogen-bond acceptors (Lipinski definition) is 3. The van der Waals surface area contributed by atoms with Gasteiger partial charge in [-0.3, -0.25) is 4.90 Å². The lowest BCUT2D eigenvalue weighted by molar-refractivity contribution is 0.0180. The van der Waals surface area contributed by atoms with Crippen LogP contribution in [0.1, 0.15) is 46.1 Å². The molecule has 0 spiro atoms. The van der Waals surface area contributed by atoms with Crippen molar-refractivity contribution in [1.29, 1.82) is 0 Å². The molecule has 108 valence electrons. The van der Waals surface area contributed by atoms with E-state index in [9.17, 15) is 0 Å². The average Bonchev–Trinajstić information content (AvgIpc) is 2.93. The highest BCUT2D eigenvalue weighted by Crippen LogP contribution is 2.28. The zero-order chi connectivity index (χ0) is 13.9. The molecule has 2 heterocycles. The summed E-state index contributed by atoms with van der Waals surface area (Å²) in [6, 6.07) is 2.26. The van der Waals surface area contributed by atoms with Gasteiger partial charge in [0.05, 0.1) is 0 Å². The third-order valence-corrected chi connectivity index (χ3v) is 5.72. The minimum atomic E-state index is 0.281. The minimum Gasteiger partial charge on any atom is -0.308 e. The van der Waals surface area contributed by atoms with Gasteiger partial charge >= 0.3 is 0 Å². The Balaban J connectivity index is 2.03. The zero-order valence-electron chi connectivity index (χ0n) is 12.8. The third kappa shape index (κ3) is 3.39. The number of hydrogen-bond donors (Lipinski definition) is 1. The van der Waals surface area contributed by atoms with Crippen molar-refractivity contribution in [2.24, 2.45) is 0 Å². The van der Waals surface area contributed by atoms with Gasteiger partial charge in [0.1, 0.15) is 0 Å². The maximum Gasteiger partial charge on any atom is 0.0304 e. The summed E-state index contributed by atoms with van der Waals surface area (Å²) in [5.74, 6) is 0. The van der Waals surface area contributed by atoms with Gasteiger partial charge in [-0.15, -0.1) is 0 Å². The van der Waals surface area contributed by atoms with E-state index < -0.39 is 0 Å². The highest BCUT2D eigenvalue weighted by molar-refractivity contribution is 7.07. The lowest BCUT2D eigenvalue weighted by atomic mass is 9.85. The van der Waals surface area contributed by atoms with Crippen molar-refractivity contribution < 1.29 is 0 Å². The predicted octanol–water partition coefficient (Wildman–Crippen LogP) is 3.53. The summed E-state index contributed by atoms with van der Waals surface area (Å²) >= 11 is 1.81. The van der Waals surface area contributed by atoms with Crippen LogP contribution in [-0.2, 0) is 6.42 Å². The molecular weight excluding hydrogens is 252 g/mol. The summed E-state index contributed by atoms with van der Waals surface area (Å²) in [7, 11) is 0. The summed E-state index contributed by atoms with van der Waals surface area (Å²) in [4.78, 5) is 2.71. The fraction of sp³-hybridized carbons (Fsp3) is 0.750. The highest BCUT2D eigenvalue weighted by Gasteiger charge is 2.40. The maximum absolute atomic E-state index is 3.77. The van der Waals surface area contributed by atoms with E-state index in [1.54, 1.807) is 11.3 Å². The molecule has 1 aliphatic heterocycles. The molecule has 1 aliphatic rings. The van der Waals surface area contributed by atoms with Crippen LogP contribution in [0.5, 0.6) is 0 Å². The Labute approximate surface area is 122 Å². The summed E-state index contributed by atoms with van der Waals surface area (Å²) in [6.45, 7) is 12.8. The van der Waals surface area contributed by atoms with E-state index in [1.807, 2.05) is 0 Å². The first kappa shape index (κ1) is 15.0. The Kier molecular flexibility index (Phi) is 4.70. The molecule has 1 fully saturated rings. The quantitative estimate of drug-likeness (QED) is 0.887. The molecule has 1 aromatic rings. The first-order valence-corrected chi connectivity index (χ1v) is 8.47. The second-order valence-corrected chi connectivity index (χ2v) is 7.20. The number of thiophene rings is 1. The van der Waals surface area contributed by atoms with Crippen LogP contribution in [0.4, 0.5) is 0 Å². The lowest BCUT2D eigenvalue weighted by Gasteiger charge is -2.52.